The zero-order chi connectivity index (χ0) is 10.1. The van der Waals surface area contributed by atoms with E-state index in [9.17, 15) is 4.79 Å². The minimum Gasteiger partial charge on any atom is -0.293 e. The largest absolute Gasteiger partial charge is 0.293 e. The average molecular weight is 189 g/mol. The first kappa shape index (κ1) is 8.87. The molecule has 0 aliphatic rings. The molecule has 0 spiro atoms. The van der Waals surface area contributed by atoms with Crippen LogP contribution in [0.4, 0.5) is 0 Å². The lowest BCUT2D eigenvalue weighted by molar-refractivity contribution is 0.101. The Bertz CT molecular complexity index is 487. The molecule has 0 saturated carbocycles. The van der Waals surface area contributed by atoms with E-state index in [1.807, 2.05) is 11.3 Å². The van der Waals surface area contributed by atoms with Crippen molar-refractivity contribution in [3.05, 3.63) is 30.0 Å². The Morgan fingerprint density at radius 1 is 1.43 bits per heavy atom. The van der Waals surface area contributed by atoms with Crippen molar-refractivity contribution in [2.45, 2.75) is 20.3 Å². The van der Waals surface area contributed by atoms with Gasteiger partial charge in [-0.3, -0.25) is 14.2 Å². The molecule has 4 heteroatoms. The van der Waals surface area contributed by atoms with E-state index in [4.69, 9.17) is 0 Å². The second kappa shape index (κ2) is 3.21. The Morgan fingerprint density at radius 2 is 2.21 bits per heavy atom. The first-order valence-corrected chi connectivity index (χ1v) is 4.55. The zero-order valence-corrected chi connectivity index (χ0v) is 8.19. The third-order valence-corrected chi connectivity index (χ3v) is 2.21. The van der Waals surface area contributed by atoms with E-state index in [0.29, 0.717) is 5.69 Å². The van der Waals surface area contributed by atoms with Crippen molar-refractivity contribution >= 4 is 11.4 Å². The number of hydrogen-bond acceptors (Lipinski definition) is 3. The smallest absolute Gasteiger partial charge is 0.178 e. The summed E-state index contributed by atoms with van der Waals surface area (Å²) < 4.78 is 1.86. The maximum atomic E-state index is 11.3. The molecule has 2 rings (SSSR count). The number of rotatable bonds is 2. The summed E-state index contributed by atoms with van der Waals surface area (Å²) in [4.78, 5) is 19.5. The maximum absolute atomic E-state index is 11.3. The quantitative estimate of drug-likeness (QED) is 0.672. The Labute approximate surface area is 81.6 Å². The molecule has 0 atom stereocenters. The molecule has 0 aliphatic carbocycles. The van der Waals surface area contributed by atoms with Crippen LogP contribution in [0.3, 0.4) is 0 Å². The topological polar surface area (TPSA) is 47.3 Å². The zero-order valence-electron chi connectivity index (χ0n) is 8.19. The lowest BCUT2D eigenvalue weighted by atomic mass is 10.3. The average Bonchev–Trinajstić information content (AvgIpc) is 2.60. The molecule has 0 amide bonds. The summed E-state index contributed by atoms with van der Waals surface area (Å²) >= 11 is 0. The van der Waals surface area contributed by atoms with Crippen molar-refractivity contribution in [3.63, 3.8) is 0 Å². The number of aryl methyl sites for hydroxylation is 1. The van der Waals surface area contributed by atoms with Crippen molar-refractivity contribution in [2.24, 2.45) is 0 Å². The lowest BCUT2D eigenvalue weighted by Crippen LogP contribution is -2.04. The number of aromatic nitrogens is 3. The highest BCUT2D eigenvalue weighted by Gasteiger charge is 2.09. The fourth-order valence-corrected chi connectivity index (χ4v) is 1.50. The van der Waals surface area contributed by atoms with Gasteiger partial charge in [0.1, 0.15) is 5.69 Å². The SMILES string of the molecule is CCc1cncc2ncc(C(C)=O)n12. The van der Waals surface area contributed by atoms with Gasteiger partial charge in [0.15, 0.2) is 11.4 Å². The number of ketones is 1. The van der Waals surface area contributed by atoms with Gasteiger partial charge in [-0.2, -0.15) is 0 Å². The van der Waals surface area contributed by atoms with Gasteiger partial charge in [-0.15, -0.1) is 0 Å². The first-order chi connectivity index (χ1) is 6.74. The summed E-state index contributed by atoms with van der Waals surface area (Å²) in [6, 6.07) is 0. The molecule has 2 aromatic rings. The molecule has 2 aromatic heterocycles. The fourth-order valence-electron chi connectivity index (χ4n) is 1.50. The van der Waals surface area contributed by atoms with Gasteiger partial charge >= 0.3 is 0 Å². The molecular formula is C10H11N3O. The van der Waals surface area contributed by atoms with Crippen LogP contribution in [0.2, 0.25) is 0 Å². The number of hydrogen-bond donors (Lipinski definition) is 0. The Balaban J connectivity index is 2.81. The number of imidazole rings is 1. The number of carbonyl (C=O) groups is 1. The standard InChI is InChI=1S/C10H11N3O/c1-3-8-4-11-6-10-12-5-9(7(2)14)13(8)10/h4-6H,3H2,1-2H3. The summed E-state index contributed by atoms with van der Waals surface area (Å²) in [5.74, 6) is 0.0263. The first-order valence-electron chi connectivity index (χ1n) is 4.55. The molecule has 0 fully saturated rings. The highest BCUT2D eigenvalue weighted by molar-refractivity contribution is 5.93. The van der Waals surface area contributed by atoms with E-state index in [2.05, 4.69) is 9.97 Å². The van der Waals surface area contributed by atoms with Crippen molar-refractivity contribution in [1.82, 2.24) is 14.4 Å². The summed E-state index contributed by atoms with van der Waals surface area (Å²) in [5, 5.41) is 0. The molecule has 0 bridgehead atoms. The van der Waals surface area contributed by atoms with Gasteiger partial charge in [0.2, 0.25) is 0 Å². The lowest BCUT2D eigenvalue weighted by Gasteiger charge is -2.03. The van der Waals surface area contributed by atoms with E-state index < -0.39 is 0 Å². The van der Waals surface area contributed by atoms with Gasteiger partial charge in [0.25, 0.3) is 0 Å². The van der Waals surface area contributed by atoms with E-state index in [1.54, 1.807) is 25.5 Å². The van der Waals surface area contributed by atoms with Crippen LogP contribution in [-0.4, -0.2) is 20.2 Å². The van der Waals surface area contributed by atoms with Crippen LogP contribution < -0.4 is 0 Å². The van der Waals surface area contributed by atoms with Crippen molar-refractivity contribution < 1.29 is 4.79 Å². The Kier molecular flexibility index (Phi) is 2.04. The molecule has 0 N–H and O–H groups in total. The van der Waals surface area contributed by atoms with Gasteiger partial charge in [-0.1, -0.05) is 6.92 Å². The van der Waals surface area contributed by atoms with Crippen molar-refractivity contribution in [3.8, 4) is 0 Å². The predicted molar refractivity (Wildman–Crippen MR) is 52.4 cm³/mol. The molecule has 0 aliphatic heterocycles. The highest BCUT2D eigenvalue weighted by Crippen LogP contribution is 2.10. The van der Waals surface area contributed by atoms with Gasteiger partial charge < -0.3 is 0 Å². The molecule has 4 nitrogen and oxygen atoms in total. The maximum Gasteiger partial charge on any atom is 0.178 e. The van der Waals surface area contributed by atoms with Gasteiger partial charge in [-0.25, -0.2) is 4.98 Å². The molecular weight excluding hydrogens is 178 g/mol. The summed E-state index contributed by atoms with van der Waals surface area (Å²) in [6.45, 7) is 3.57. The molecule has 0 radical (unpaired) electrons. The second-order valence-electron chi connectivity index (χ2n) is 3.15. The summed E-state index contributed by atoms with van der Waals surface area (Å²) in [7, 11) is 0. The van der Waals surface area contributed by atoms with Crippen LogP contribution in [0.1, 0.15) is 30.0 Å². The minimum atomic E-state index is 0.0263. The predicted octanol–water partition coefficient (Wildman–Crippen LogP) is 1.49. The van der Waals surface area contributed by atoms with Crippen LogP contribution in [-0.2, 0) is 6.42 Å². The molecule has 2 heterocycles. The van der Waals surface area contributed by atoms with E-state index in [1.165, 1.54) is 0 Å². The molecule has 0 unspecified atom stereocenters. The van der Waals surface area contributed by atoms with Gasteiger partial charge in [0, 0.05) is 18.8 Å². The monoisotopic (exact) mass is 189 g/mol. The number of fused-ring (bicyclic) bond motifs is 1. The number of Topliss-reactive ketones (excluding diaryl/α,β-unsaturated/α-hetero) is 1. The summed E-state index contributed by atoms with van der Waals surface area (Å²) in [6.07, 6.45) is 5.85. The third-order valence-electron chi connectivity index (χ3n) is 2.21. The number of carbonyl (C=O) groups excluding carboxylic acids is 1. The summed E-state index contributed by atoms with van der Waals surface area (Å²) in [5.41, 5.74) is 2.36. The normalized spacial score (nSPS) is 10.7. The van der Waals surface area contributed by atoms with Crippen LogP contribution >= 0.6 is 0 Å². The third kappa shape index (κ3) is 1.19. The van der Waals surface area contributed by atoms with Crippen LogP contribution in [0.25, 0.3) is 5.65 Å². The molecule has 0 saturated heterocycles. The van der Waals surface area contributed by atoms with E-state index >= 15 is 0 Å². The van der Waals surface area contributed by atoms with Gasteiger partial charge in [0.05, 0.1) is 12.4 Å². The molecule has 72 valence electrons. The Morgan fingerprint density at radius 3 is 2.86 bits per heavy atom. The van der Waals surface area contributed by atoms with E-state index in [0.717, 1.165) is 17.8 Å². The minimum absolute atomic E-state index is 0.0263. The second-order valence-corrected chi connectivity index (χ2v) is 3.15. The van der Waals surface area contributed by atoms with E-state index in [-0.39, 0.29) is 5.78 Å². The van der Waals surface area contributed by atoms with Gasteiger partial charge in [-0.05, 0) is 6.42 Å². The van der Waals surface area contributed by atoms with Crippen molar-refractivity contribution in [1.29, 1.82) is 0 Å². The highest BCUT2D eigenvalue weighted by atomic mass is 16.1. The number of nitrogens with zero attached hydrogens (tertiary/aromatic N) is 3. The van der Waals surface area contributed by atoms with Crippen LogP contribution in [0, 0.1) is 0 Å². The molecule has 14 heavy (non-hydrogen) atoms. The fraction of sp³-hybridized carbons (Fsp3) is 0.300. The Hall–Kier alpha value is -1.71. The van der Waals surface area contributed by atoms with Crippen LogP contribution in [0.5, 0.6) is 0 Å². The van der Waals surface area contributed by atoms with Crippen LogP contribution in [0.15, 0.2) is 18.6 Å². The molecule has 0 aromatic carbocycles. The van der Waals surface area contributed by atoms with Crippen molar-refractivity contribution in [2.75, 3.05) is 0 Å².